The van der Waals surface area contributed by atoms with Gasteiger partial charge in [-0.05, 0) is 44.2 Å². The number of aromatic nitrogens is 2. The Labute approximate surface area is 206 Å². The van der Waals surface area contributed by atoms with E-state index in [1.54, 1.807) is 6.20 Å². The number of nitriles is 1. The third-order valence-electron chi connectivity index (χ3n) is 7.74. The monoisotopic (exact) mass is 468 g/mol. The minimum absolute atomic E-state index is 0.115. The molecule has 8 nitrogen and oxygen atoms in total. The molecule has 2 aromatic heterocycles. The van der Waals surface area contributed by atoms with Gasteiger partial charge in [0, 0.05) is 98.7 Å². The zero-order valence-corrected chi connectivity index (χ0v) is 20.4. The molecule has 3 aliphatic rings. The van der Waals surface area contributed by atoms with Crippen molar-refractivity contribution in [2.24, 2.45) is 5.73 Å². The molecule has 3 fully saturated rings. The quantitative estimate of drug-likeness (QED) is 0.627. The SMILES string of the molecule is C[C@@H]1CN(c2ccc(C#N)c3ncccc23)C[C@@H]2CN(c3ccnc(N4CC(C)(N)C4)c3)CCN21. The Morgan fingerprint density at radius 2 is 1.83 bits per heavy atom. The predicted molar refractivity (Wildman–Crippen MR) is 140 cm³/mol. The number of nitrogens with zero attached hydrogens (tertiary/aromatic N) is 7. The molecule has 0 radical (unpaired) electrons. The Kier molecular flexibility index (Phi) is 5.28. The van der Waals surface area contributed by atoms with Crippen LogP contribution in [0.1, 0.15) is 19.4 Å². The van der Waals surface area contributed by atoms with Crippen molar-refractivity contribution in [1.82, 2.24) is 14.9 Å². The van der Waals surface area contributed by atoms with Gasteiger partial charge < -0.3 is 20.4 Å². The van der Waals surface area contributed by atoms with E-state index in [1.807, 2.05) is 18.3 Å². The summed E-state index contributed by atoms with van der Waals surface area (Å²) in [5.41, 5.74) is 9.93. The predicted octanol–water partition coefficient (Wildman–Crippen LogP) is 2.44. The summed E-state index contributed by atoms with van der Waals surface area (Å²) in [4.78, 5) is 19.0. The Bertz CT molecular complexity index is 1290. The average Bonchev–Trinajstić information content (AvgIpc) is 2.86. The fourth-order valence-electron chi connectivity index (χ4n) is 6.08. The van der Waals surface area contributed by atoms with Gasteiger partial charge in [0.25, 0.3) is 0 Å². The first kappa shape index (κ1) is 22.1. The molecule has 3 saturated heterocycles. The summed E-state index contributed by atoms with van der Waals surface area (Å²) in [5, 5.41) is 10.6. The van der Waals surface area contributed by atoms with Crippen LogP contribution in [0.4, 0.5) is 17.2 Å². The highest BCUT2D eigenvalue weighted by Crippen LogP contribution is 2.33. The number of hydrogen-bond donors (Lipinski definition) is 1. The highest BCUT2D eigenvalue weighted by Gasteiger charge is 2.38. The zero-order chi connectivity index (χ0) is 24.2. The molecule has 2 atom stereocenters. The zero-order valence-electron chi connectivity index (χ0n) is 20.4. The highest BCUT2D eigenvalue weighted by atomic mass is 15.4. The van der Waals surface area contributed by atoms with Gasteiger partial charge in [-0.1, -0.05) is 0 Å². The molecule has 6 rings (SSSR count). The fourth-order valence-corrected chi connectivity index (χ4v) is 6.08. The molecule has 8 heteroatoms. The van der Waals surface area contributed by atoms with Crippen molar-refractivity contribution in [1.29, 1.82) is 5.26 Å². The summed E-state index contributed by atoms with van der Waals surface area (Å²) < 4.78 is 0. The Hall–Kier alpha value is -3.41. The lowest BCUT2D eigenvalue weighted by molar-refractivity contribution is 0.108. The largest absolute Gasteiger partial charge is 0.368 e. The van der Waals surface area contributed by atoms with Crippen LogP contribution >= 0.6 is 0 Å². The molecular weight excluding hydrogens is 436 g/mol. The van der Waals surface area contributed by atoms with Gasteiger partial charge in [-0.25, -0.2) is 4.98 Å². The first-order valence-corrected chi connectivity index (χ1v) is 12.5. The maximum Gasteiger partial charge on any atom is 0.130 e. The van der Waals surface area contributed by atoms with Crippen LogP contribution in [0.3, 0.4) is 0 Å². The summed E-state index contributed by atoms with van der Waals surface area (Å²) in [5.74, 6) is 1.02. The third-order valence-corrected chi connectivity index (χ3v) is 7.74. The van der Waals surface area contributed by atoms with E-state index in [0.717, 1.165) is 62.5 Å². The molecule has 0 amide bonds. The number of hydrogen-bond acceptors (Lipinski definition) is 8. The summed E-state index contributed by atoms with van der Waals surface area (Å²) in [7, 11) is 0. The van der Waals surface area contributed by atoms with E-state index in [2.05, 4.69) is 73.7 Å². The first-order chi connectivity index (χ1) is 16.9. The first-order valence-electron chi connectivity index (χ1n) is 12.5. The minimum Gasteiger partial charge on any atom is -0.368 e. The number of pyridine rings is 2. The molecule has 1 aromatic carbocycles. The molecular formula is C27H32N8. The van der Waals surface area contributed by atoms with Gasteiger partial charge in [-0.3, -0.25) is 9.88 Å². The van der Waals surface area contributed by atoms with Crippen molar-refractivity contribution in [2.75, 3.05) is 60.5 Å². The van der Waals surface area contributed by atoms with Crippen molar-refractivity contribution in [3.63, 3.8) is 0 Å². The van der Waals surface area contributed by atoms with E-state index in [1.165, 1.54) is 11.4 Å². The molecule has 180 valence electrons. The van der Waals surface area contributed by atoms with Crippen molar-refractivity contribution in [3.05, 3.63) is 54.4 Å². The smallest absolute Gasteiger partial charge is 0.130 e. The maximum atomic E-state index is 9.54. The summed E-state index contributed by atoms with van der Waals surface area (Å²) in [6.45, 7) is 11.1. The fraction of sp³-hybridized carbons (Fsp3) is 0.444. The van der Waals surface area contributed by atoms with Crippen molar-refractivity contribution < 1.29 is 0 Å². The minimum atomic E-state index is -0.115. The molecule has 3 aliphatic heterocycles. The molecule has 0 unspecified atom stereocenters. The molecule has 5 heterocycles. The van der Waals surface area contributed by atoms with E-state index in [9.17, 15) is 5.26 Å². The third kappa shape index (κ3) is 3.95. The Balaban J connectivity index is 1.24. The van der Waals surface area contributed by atoms with E-state index < -0.39 is 0 Å². The van der Waals surface area contributed by atoms with Gasteiger partial charge in [0.2, 0.25) is 0 Å². The number of rotatable bonds is 3. The van der Waals surface area contributed by atoms with Crippen LogP contribution in [0, 0.1) is 11.3 Å². The maximum absolute atomic E-state index is 9.54. The molecule has 35 heavy (non-hydrogen) atoms. The molecule has 0 saturated carbocycles. The van der Waals surface area contributed by atoms with Crippen LogP contribution in [0.5, 0.6) is 0 Å². The highest BCUT2D eigenvalue weighted by molar-refractivity contribution is 5.95. The molecule has 0 spiro atoms. The van der Waals surface area contributed by atoms with E-state index in [-0.39, 0.29) is 5.54 Å². The van der Waals surface area contributed by atoms with Crippen LogP contribution in [-0.2, 0) is 0 Å². The Morgan fingerprint density at radius 3 is 2.63 bits per heavy atom. The van der Waals surface area contributed by atoms with Crippen molar-refractivity contribution in [2.45, 2.75) is 31.5 Å². The lowest BCUT2D eigenvalue weighted by atomic mass is 9.94. The van der Waals surface area contributed by atoms with Gasteiger partial charge in [0.05, 0.1) is 11.1 Å². The molecule has 0 bridgehead atoms. The van der Waals surface area contributed by atoms with Gasteiger partial charge in [0.15, 0.2) is 0 Å². The lowest BCUT2D eigenvalue weighted by Crippen LogP contribution is -2.66. The normalized spacial score (nSPS) is 24.1. The van der Waals surface area contributed by atoms with Gasteiger partial charge >= 0.3 is 0 Å². The summed E-state index contributed by atoms with van der Waals surface area (Å²) >= 11 is 0. The summed E-state index contributed by atoms with van der Waals surface area (Å²) in [6, 6.07) is 15.6. The second kappa shape index (κ2) is 8.36. The van der Waals surface area contributed by atoms with Gasteiger partial charge in [0.1, 0.15) is 11.9 Å². The van der Waals surface area contributed by atoms with Gasteiger partial charge in [-0.2, -0.15) is 5.26 Å². The number of benzene rings is 1. The van der Waals surface area contributed by atoms with Crippen LogP contribution in [-0.4, -0.2) is 78.3 Å². The number of anilines is 3. The molecule has 0 aliphatic carbocycles. The molecule has 2 N–H and O–H groups in total. The van der Waals surface area contributed by atoms with E-state index in [0.29, 0.717) is 17.6 Å². The number of nitrogens with two attached hydrogens (primary N) is 1. The van der Waals surface area contributed by atoms with Crippen molar-refractivity contribution >= 4 is 28.1 Å². The Morgan fingerprint density at radius 1 is 1.00 bits per heavy atom. The second-order valence-electron chi connectivity index (χ2n) is 10.6. The number of fused-ring (bicyclic) bond motifs is 2. The summed E-state index contributed by atoms with van der Waals surface area (Å²) in [6.07, 6.45) is 3.69. The standard InChI is InChI=1S/C27H32N8/c1-19-14-33(24-6-5-20(13-28)26-23(24)4-3-8-31-26)16-22-15-32(10-11-35(19)22)21-7-9-30-25(12-21)34-17-27(2,29)18-34/h3-9,12,19,22H,10-11,14-18,29H2,1-2H3/t19-,22+/m1/s1. The number of piperazine rings is 2. The van der Waals surface area contributed by atoms with Crippen molar-refractivity contribution in [3.8, 4) is 6.07 Å². The topological polar surface area (TPSA) is 88.5 Å². The van der Waals surface area contributed by atoms with Crippen LogP contribution < -0.4 is 20.4 Å². The average molecular weight is 469 g/mol. The lowest BCUT2D eigenvalue weighted by Gasteiger charge is -2.52. The van der Waals surface area contributed by atoms with E-state index >= 15 is 0 Å². The van der Waals surface area contributed by atoms with Crippen LogP contribution in [0.25, 0.3) is 10.9 Å². The second-order valence-corrected chi connectivity index (χ2v) is 10.6. The molecule has 3 aromatic rings. The van der Waals surface area contributed by atoms with E-state index in [4.69, 9.17) is 5.73 Å². The van der Waals surface area contributed by atoms with Crippen LogP contribution in [0.15, 0.2) is 48.8 Å². The van der Waals surface area contributed by atoms with Gasteiger partial charge in [-0.15, -0.1) is 0 Å². The van der Waals surface area contributed by atoms with Crippen LogP contribution in [0.2, 0.25) is 0 Å².